The minimum absolute atomic E-state index is 0.118. The molecular weight excluding hydrogens is 485 g/mol. The summed E-state index contributed by atoms with van der Waals surface area (Å²) in [6.45, 7) is 3.47. The van der Waals surface area contributed by atoms with Crippen LogP contribution >= 0.6 is 11.3 Å². The van der Waals surface area contributed by atoms with E-state index in [0.717, 1.165) is 49.9 Å². The molecular formula is C30H34FN3O2S. The summed E-state index contributed by atoms with van der Waals surface area (Å²) >= 11 is 1.77. The molecule has 2 atom stereocenters. The van der Waals surface area contributed by atoms with Gasteiger partial charge in [-0.25, -0.2) is 4.39 Å². The summed E-state index contributed by atoms with van der Waals surface area (Å²) in [5, 5.41) is 7.65. The van der Waals surface area contributed by atoms with Gasteiger partial charge < -0.3 is 19.5 Å². The van der Waals surface area contributed by atoms with Gasteiger partial charge in [0.25, 0.3) is 0 Å². The molecule has 0 unspecified atom stereocenters. The molecule has 1 aliphatic carbocycles. The van der Waals surface area contributed by atoms with Crippen molar-refractivity contribution < 1.29 is 13.9 Å². The minimum Gasteiger partial charge on any atom is -0.385 e. The molecule has 3 heterocycles. The van der Waals surface area contributed by atoms with Gasteiger partial charge in [0.05, 0.1) is 11.4 Å². The maximum absolute atomic E-state index is 15.1. The molecule has 4 aromatic rings. The second-order valence-electron chi connectivity index (χ2n) is 10.4. The molecule has 1 aliphatic heterocycles. The number of ether oxygens (including phenoxy) is 1. The van der Waals surface area contributed by atoms with Gasteiger partial charge in [0.1, 0.15) is 5.82 Å². The maximum atomic E-state index is 15.1. The smallest absolute Gasteiger partial charge is 0.228 e. The Hall–Kier alpha value is -2.74. The molecule has 0 radical (unpaired) electrons. The largest absolute Gasteiger partial charge is 0.385 e. The molecule has 0 spiro atoms. The first-order chi connectivity index (χ1) is 18.2. The zero-order valence-electron chi connectivity index (χ0n) is 21.3. The van der Waals surface area contributed by atoms with Gasteiger partial charge in [0, 0.05) is 55.7 Å². The predicted molar refractivity (Wildman–Crippen MR) is 148 cm³/mol. The summed E-state index contributed by atoms with van der Waals surface area (Å²) < 4.78 is 23.7. The van der Waals surface area contributed by atoms with Crippen molar-refractivity contribution >= 4 is 38.2 Å². The monoisotopic (exact) mass is 519 g/mol. The number of piperidine rings is 1. The molecule has 2 aromatic heterocycles. The average Bonchev–Trinajstić information content (AvgIpc) is 3.57. The average molecular weight is 520 g/mol. The lowest BCUT2D eigenvalue weighted by Gasteiger charge is -2.35. The Kier molecular flexibility index (Phi) is 7.02. The molecule has 1 saturated heterocycles. The Bertz CT molecular complexity index is 1410. The van der Waals surface area contributed by atoms with Gasteiger partial charge in [-0.1, -0.05) is 24.3 Å². The highest BCUT2D eigenvalue weighted by Crippen LogP contribution is 2.41. The van der Waals surface area contributed by atoms with E-state index in [-0.39, 0.29) is 29.6 Å². The van der Waals surface area contributed by atoms with Crippen molar-refractivity contribution in [3.05, 3.63) is 71.0 Å². The fourth-order valence-corrected chi connectivity index (χ4v) is 7.05. The van der Waals surface area contributed by atoms with E-state index in [1.807, 2.05) is 6.07 Å². The number of methoxy groups -OCH3 is 1. The van der Waals surface area contributed by atoms with Crippen LogP contribution in [0.2, 0.25) is 0 Å². The van der Waals surface area contributed by atoms with Crippen LogP contribution in [-0.2, 0) is 22.6 Å². The number of amides is 1. The van der Waals surface area contributed by atoms with Crippen LogP contribution in [0.5, 0.6) is 0 Å². The van der Waals surface area contributed by atoms with E-state index in [4.69, 9.17) is 4.74 Å². The van der Waals surface area contributed by atoms with E-state index in [9.17, 15) is 4.79 Å². The summed E-state index contributed by atoms with van der Waals surface area (Å²) in [6, 6.07) is 14.0. The Balaban J connectivity index is 1.31. The number of carbonyl (C=O) groups is 1. The van der Waals surface area contributed by atoms with Crippen LogP contribution in [0, 0.1) is 11.7 Å². The van der Waals surface area contributed by atoms with Crippen LogP contribution in [0.1, 0.15) is 42.7 Å². The molecule has 2 aromatic carbocycles. The number of benzene rings is 2. The van der Waals surface area contributed by atoms with Gasteiger partial charge >= 0.3 is 0 Å². The molecule has 1 N–H and O–H groups in total. The fraction of sp³-hybridized carbons (Fsp3) is 0.433. The van der Waals surface area contributed by atoms with E-state index in [1.54, 1.807) is 24.5 Å². The molecule has 1 amide bonds. The number of hydrogen-bond acceptors (Lipinski definition) is 4. The number of fused-ring (bicyclic) bond motifs is 2. The second kappa shape index (κ2) is 10.6. The van der Waals surface area contributed by atoms with Crippen molar-refractivity contribution in [2.75, 3.05) is 26.8 Å². The number of rotatable bonds is 9. The number of thiophene rings is 1. The third kappa shape index (κ3) is 4.80. The van der Waals surface area contributed by atoms with E-state index < -0.39 is 0 Å². The van der Waals surface area contributed by atoms with Gasteiger partial charge in [-0.05, 0) is 78.2 Å². The molecule has 6 rings (SSSR count). The van der Waals surface area contributed by atoms with Crippen LogP contribution in [0.3, 0.4) is 0 Å². The van der Waals surface area contributed by atoms with Crippen molar-refractivity contribution in [3.63, 3.8) is 0 Å². The summed E-state index contributed by atoms with van der Waals surface area (Å²) in [4.78, 5) is 16.3. The Morgan fingerprint density at radius 3 is 2.89 bits per heavy atom. The molecule has 7 heteroatoms. The lowest BCUT2D eigenvalue weighted by Crippen LogP contribution is -2.47. The summed E-state index contributed by atoms with van der Waals surface area (Å²) in [6.07, 6.45) is 5.89. The molecule has 37 heavy (non-hydrogen) atoms. The molecule has 2 fully saturated rings. The summed E-state index contributed by atoms with van der Waals surface area (Å²) in [7, 11) is 1.70. The van der Waals surface area contributed by atoms with Crippen molar-refractivity contribution in [3.8, 4) is 0 Å². The maximum Gasteiger partial charge on any atom is 0.228 e. The Labute approximate surface area is 221 Å². The Morgan fingerprint density at radius 1 is 1.19 bits per heavy atom. The van der Waals surface area contributed by atoms with Gasteiger partial charge in [0.2, 0.25) is 5.91 Å². The van der Waals surface area contributed by atoms with E-state index >= 15 is 4.39 Å². The quantitative estimate of drug-likeness (QED) is 0.280. The highest BCUT2D eigenvalue weighted by molar-refractivity contribution is 7.17. The van der Waals surface area contributed by atoms with E-state index in [2.05, 4.69) is 50.6 Å². The standard InChI is InChI=1S/C30H34FN3O2S/c1-36-15-5-14-33-17-20(29-26(31)7-4-8-27(29)33)18-34(21-10-11-21)30(35)24-16-32-13-12-22(24)25-19-37-28-9-3-2-6-23(25)28/h2-4,6-9,17,19,21-22,24,32H,5,10-16,18H2,1H3/t22-,24-/m0/s1. The number of hydrogen-bond donors (Lipinski definition) is 1. The SMILES string of the molecule is COCCCn1cc(CN(C(=O)[C@H]2CNCC[C@@H]2c2csc3ccccc23)C2CC2)c2c(F)cccc21. The minimum atomic E-state index is -0.219. The van der Waals surface area contributed by atoms with Gasteiger partial charge in [-0.15, -0.1) is 11.3 Å². The van der Waals surface area contributed by atoms with Crippen LogP contribution in [0.4, 0.5) is 4.39 Å². The first-order valence-electron chi connectivity index (χ1n) is 13.4. The second-order valence-corrected chi connectivity index (χ2v) is 11.3. The molecule has 2 aliphatic rings. The zero-order chi connectivity index (χ0) is 25.4. The van der Waals surface area contributed by atoms with Gasteiger partial charge in [0.15, 0.2) is 0 Å². The molecule has 1 saturated carbocycles. The summed E-state index contributed by atoms with van der Waals surface area (Å²) in [5.41, 5.74) is 3.08. The van der Waals surface area contributed by atoms with Crippen LogP contribution in [-0.4, -0.2) is 48.2 Å². The van der Waals surface area contributed by atoms with Crippen LogP contribution in [0.25, 0.3) is 21.0 Å². The van der Waals surface area contributed by atoms with Crippen molar-refractivity contribution in [2.24, 2.45) is 5.92 Å². The number of aryl methyl sites for hydroxylation is 1. The molecule has 5 nitrogen and oxygen atoms in total. The normalized spacial score (nSPS) is 20.1. The fourth-order valence-electron chi connectivity index (χ4n) is 6.02. The molecule has 194 valence electrons. The van der Waals surface area contributed by atoms with Crippen molar-refractivity contribution in [1.29, 1.82) is 0 Å². The number of carbonyl (C=O) groups excluding carboxylic acids is 1. The zero-order valence-corrected chi connectivity index (χ0v) is 22.1. The highest BCUT2D eigenvalue weighted by atomic mass is 32.1. The first kappa shape index (κ1) is 24.6. The van der Waals surface area contributed by atoms with Gasteiger partial charge in [-0.3, -0.25) is 4.79 Å². The topological polar surface area (TPSA) is 46.5 Å². The third-order valence-corrected chi connectivity index (χ3v) is 8.98. The van der Waals surface area contributed by atoms with Crippen molar-refractivity contribution in [1.82, 2.24) is 14.8 Å². The third-order valence-electron chi connectivity index (χ3n) is 8.00. The lowest BCUT2D eigenvalue weighted by molar-refractivity contribution is -0.138. The number of aromatic nitrogens is 1. The number of halogens is 1. The number of nitrogens with zero attached hydrogens (tertiary/aromatic N) is 2. The summed E-state index contributed by atoms with van der Waals surface area (Å²) in [5.74, 6) is 0.0558. The predicted octanol–water partition coefficient (Wildman–Crippen LogP) is 5.92. The van der Waals surface area contributed by atoms with E-state index in [0.29, 0.717) is 25.1 Å². The van der Waals surface area contributed by atoms with E-state index in [1.165, 1.54) is 21.7 Å². The van der Waals surface area contributed by atoms with Crippen LogP contribution in [0.15, 0.2) is 54.0 Å². The van der Waals surface area contributed by atoms with Crippen molar-refractivity contribution in [2.45, 2.75) is 50.7 Å². The Morgan fingerprint density at radius 2 is 2.05 bits per heavy atom. The van der Waals surface area contributed by atoms with Gasteiger partial charge in [-0.2, -0.15) is 0 Å². The lowest BCUT2D eigenvalue weighted by atomic mass is 9.80. The molecule has 0 bridgehead atoms. The van der Waals surface area contributed by atoms with Crippen LogP contribution < -0.4 is 5.32 Å². The number of nitrogens with one attached hydrogen (secondary N) is 1. The first-order valence-corrected chi connectivity index (χ1v) is 14.3. The highest BCUT2D eigenvalue weighted by Gasteiger charge is 2.41.